The van der Waals surface area contributed by atoms with Gasteiger partial charge >= 0.3 is 0 Å². The van der Waals surface area contributed by atoms with Crippen LogP contribution in [0.3, 0.4) is 0 Å². The molecule has 1 spiro atoms. The first-order valence-corrected chi connectivity index (χ1v) is 8.74. The molecule has 0 aromatic carbocycles. The molecule has 4 heteroatoms. The van der Waals surface area contributed by atoms with Gasteiger partial charge in [0.15, 0.2) is 0 Å². The number of rotatable bonds is 3. The molecule has 21 heavy (non-hydrogen) atoms. The van der Waals surface area contributed by atoms with Crippen LogP contribution in [-0.2, 0) is 9.53 Å². The summed E-state index contributed by atoms with van der Waals surface area (Å²) in [7, 11) is 0. The summed E-state index contributed by atoms with van der Waals surface area (Å²) >= 11 is 0. The van der Waals surface area contributed by atoms with Crippen LogP contribution in [0.15, 0.2) is 0 Å². The van der Waals surface area contributed by atoms with E-state index < -0.39 is 0 Å². The number of ether oxygens (including phenoxy) is 1. The van der Waals surface area contributed by atoms with Crippen LogP contribution in [0.1, 0.15) is 65.7 Å². The summed E-state index contributed by atoms with van der Waals surface area (Å²) in [5.74, 6) is 0.983. The predicted octanol–water partition coefficient (Wildman–Crippen LogP) is 2.67. The molecule has 1 amide bonds. The Hall–Kier alpha value is -0.610. The van der Waals surface area contributed by atoms with E-state index in [1.165, 1.54) is 12.8 Å². The Kier molecular flexibility index (Phi) is 4.28. The standard InChI is InChI=1S/C17H30N2O2/c1-12(2)10-15-18-17(7-4-5-8-17)16(20)19(15)14-6-9-21-13(3)11-14/h12-15,18H,4-11H2,1-3H3. The van der Waals surface area contributed by atoms with Crippen molar-refractivity contribution >= 4 is 5.91 Å². The minimum Gasteiger partial charge on any atom is -0.378 e. The van der Waals surface area contributed by atoms with Gasteiger partial charge in [0.1, 0.15) is 0 Å². The Bertz CT molecular complexity index is 390. The third kappa shape index (κ3) is 2.85. The van der Waals surface area contributed by atoms with Gasteiger partial charge in [-0.1, -0.05) is 26.7 Å². The summed E-state index contributed by atoms with van der Waals surface area (Å²) in [5.41, 5.74) is -0.235. The van der Waals surface area contributed by atoms with E-state index in [4.69, 9.17) is 4.74 Å². The maximum Gasteiger partial charge on any atom is 0.244 e. The lowest BCUT2D eigenvalue weighted by Gasteiger charge is -2.38. The van der Waals surface area contributed by atoms with Gasteiger partial charge in [0, 0.05) is 12.6 Å². The molecule has 3 fully saturated rings. The molecular weight excluding hydrogens is 264 g/mol. The van der Waals surface area contributed by atoms with Crippen LogP contribution in [0.25, 0.3) is 0 Å². The maximum absolute atomic E-state index is 13.2. The van der Waals surface area contributed by atoms with Crippen molar-refractivity contribution < 1.29 is 9.53 Å². The van der Waals surface area contributed by atoms with E-state index in [9.17, 15) is 4.79 Å². The summed E-state index contributed by atoms with van der Waals surface area (Å²) in [6.07, 6.45) is 7.95. The molecule has 1 saturated carbocycles. The molecule has 3 atom stereocenters. The Labute approximate surface area is 128 Å². The number of nitrogens with zero attached hydrogens (tertiary/aromatic N) is 1. The van der Waals surface area contributed by atoms with E-state index in [0.29, 0.717) is 17.9 Å². The number of hydrogen-bond donors (Lipinski definition) is 1. The predicted molar refractivity (Wildman–Crippen MR) is 82.9 cm³/mol. The Balaban J connectivity index is 1.81. The zero-order valence-electron chi connectivity index (χ0n) is 13.7. The molecule has 0 aromatic rings. The molecule has 2 saturated heterocycles. The fourth-order valence-electron chi connectivity index (χ4n) is 4.44. The van der Waals surface area contributed by atoms with Gasteiger partial charge in [0.2, 0.25) is 5.91 Å². The van der Waals surface area contributed by atoms with Gasteiger partial charge < -0.3 is 9.64 Å². The maximum atomic E-state index is 13.2. The van der Waals surface area contributed by atoms with Crippen molar-refractivity contribution in [1.29, 1.82) is 0 Å². The van der Waals surface area contributed by atoms with Crippen molar-refractivity contribution in [3.63, 3.8) is 0 Å². The minimum absolute atomic E-state index is 0.228. The highest BCUT2D eigenvalue weighted by Crippen LogP contribution is 2.39. The van der Waals surface area contributed by atoms with Crippen molar-refractivity contribution in [3.05, 3.63) is 0 Å². The van der Waals surface area contributed by atoms with Crippen LogP contribution in [0.2, 0.25) is 0 Å². The molecule has 3 aliphatic rings. The molecular formula is C17H30N2O2. The lowest BCUT2D eigenvalue weighted by atomic mass is 9.96. The number of amides is 1. The molecule has 120 valence electrons. The summed E-state index contributed by atoms with van der Waals surface area (Å²) in [6, 6.07) is 0.359. The van der Waals surface area contributed by atoms with Gasteiger partial charge in [-0.05, 0) is 44.9 Å². The largest absolute Gasteiger partial charge is 0.378 e. The van der Waals surface area contributed by atoms with Crippen LogP contribution in [0.4, 0.5) is 0 Å². The highest BCUT2D eigenvalue weighted by Gasteiger charge is 2.54. The van der Waals surface area contributed by atoms with Gasteiger partial charge in [-0.15, -0.1) is 0 Å². The molecule has 0 aromatic heterocycles. The lowest BCUT2D eigenvalue weighted by molar-refractivity contribution is -0.138. The number of nitrogens with one attached hydrogen (secondary N) is 1. The zero-order chi connectivity index (χ0) is 15.0. The van der Waals surface area contributed by atoms with Crippen LogP contribution < -0.4 is 5.32 Å². The molecule has 0 radical (unpaired) electrons. The second-order valence-electron chi connectivity index (χ2n) is 7.65. The van der Waals surface area contributed by atoms with Crippen LogP contribution in [0, 0.1) is 5.92 Å². The average Bonchev–Trinajstić information content (AvgIpc) is 2.97. The first-order valence-electron chi connectivity index (χ1n) is 8.74. The third-order valence-corrected chi connectivity index (χ3v) is 5.43. The van der Waals surface area contributed by atoms with Gasteiger partial charge in [-0.3, -0.25) is 10.1 Å². The van der Waals surface area contributed by atoms with E-state index in [1.807, 2.05) is 0 Å². The second-order valence-corrected chi connectivity index (χ2v) is 7.65. The summed E-state index contributed by atoms with van der Waals surface area (Å²) in [4.78, 5) is 15.4. The topological polar surface area (TPSA) is 41.6 Å². The molecule has 2 heterocycles. The molecule has 3 rings (SSSR count). The van der Waals surface area contributed by atoms with Gasteiger partial charge in [-0.2, -0.15) is 0 Å². The van der Waals surface area contributed by atoms with E-state index in [-0.39, 0.29) is 17.8 Å². The third-order valence-electron chi connectivity index (χ3n) is 5.43. The van der Waals surface area contributed by atoms with Crippen molar-refractivity contribution in [2.75, 3.05) is 6.61 Å². The molecule has 1 aliphatic carbocycles. The smallest absolute Gasteiger partial charge is 0.244 e. The average molecular weight is 294 g/mol. The van der Waals surface area contributed by atoms with Crippen molar-refractivity contribution in [3.8, 4) is 0 Å². The van der Waals surface area contributed by atoms with Gasteiger partial charge in [-0.25, -0.2) is 0 Å². The minimum atomic E-state index is -0.235. The molecule has 3 unspecified atom stereocenters. The SMILES string of the molecule is CC(C)CC1NC2(CCCC2)C(=O)N1C1CCOC(C)C1. The summed E-state index contributed by atoms with van der Waals surface area (Å²) < 4.78 is 5.68. The Morgan fingerprint density at radius 3 is 2.71 bits per heavy atom. The number of hydrogen-bond acceptors (Lipinski definition) is 3. The molecule has 4 nitrogen and oxygen atoms in total. The zero-order valence-corrected chi connectivity index (χ0v) is 13.7. The Morgan fingerprint density at radius 1 is 1.38 bits per heavy atom. The molecule has 1 N–H and O–H groups in total. The quantitative estimate of drug-likeness (QED) is 0.870. The van der Waals surface area contributed by atoms with E-state index >= 15 is 0 Å². The summed E-state index contributed by atoms with van der Waals surface area (Å²) in [5, 5.41) is 3.75. The fourth-order valence-corrected chi connectivity index (χ4v) is 4.44. The first kappa shape index (κ1) is 15.3. The molecule has 2 aliphatic heterocycles. The first-order chi connectivity index (χ1) is 10.0. The van der Waals surface area contributed by atoms with Crippen LogP contribution in [0.5, 0.6) is 0 Å². The van der Waals surface area contributed by atoms with E-state index in [0.717, 1.165) is 38.7 Å². The fraction of sp³-hybridized carbons (Fsp3) is 0.941. The van der Waals surface area contributed by atoms with Crippen LogP contribution >= 0.6 is 0 Å². The summed E-state index contributed by atoms with van der Waals surface area (Å²) in [6.45, 7) is 7.41. The monoisotopic (exact) mass is 294 g/mol. The van der Waals surface area contributed by atoms with Gasteiger partial charge in [0.05, 0.1) is 17.8 Å². The van der Waals surface area contributed by atoms with Crippen LogP contribution in [-0.4, -0.2) is 41.3 Å². The van der Waals surface area contributed by atoms with Crippen molar-refractivity contribution in [1.82, 2.24) is 10.2 Å². The normalized spacial score (nSPS) is 36.1. The highest BCUT2D eigenvalue weighted by atomic mass is 16.5. The Morgan fingerprint density at radius 2 is 2.10 bits per heavy atom. The van der Waals surface area contributed by atoms with E-state index in [2.05, 4.69) is 31.0 Å². The number of carbonyl (C=O) groups excluding carboxylic acids is 1. The second kappa shape index (κ2) is 5.88. The van der Waals surface area contributed by atoms with Gasteiger partial charge in [0.25, 0.3) is 0 Å². The number of carbonyl (C=O) groups is 1. The van der Waals surface area contributed by atoms with Crippen molar-refractivity contribution in [2.24, 2.45) is 5.92 Å². The highest BCUT2D eigenvalue weighted by molar-refractivity contribution is 5.89. The lowest BCUT2D eigenvalue weighted by Crippen LogP contribution is -2.49. The van der Waals surface area contributed by atoms with Crippen molar-refractivity contribution in [2.45, 2.75) is 89.6 Å². The molecule has 0 bridgehead atoms. The van der Waals surface area contributed by atoms with E-state index in [1.54, 1.807) is 0 Å².